The van der Waals surface area contributed by atoms with Gasteiger partial charge in [-0.3, -0.25) is 0 Å². The largest absolute Gasteiger partial charge is 0.494 e. The van der Waals surface area contributed by atoms with Gasteiger partial charge < -0.3 is 15.4 Å². The summed E-state index contributed by atoms with van der Waals surface area (Å²) in [5.74, 6) is -0.0968. The summed E-state index contributed by atoms with van der Waals surface area (Å²) in [7, 11) is 1.47. The Hall–Kier alpha value is -1.78. The summed E-state index contributed by atoms with van der Waals surface area (Å²) < 4.78 is 18.5. The zero-order valence-electron chi connectivity index (χ0n) is 13.1. The summed E-state index contributed by atoms with van der Waals surface area (Å²) in [4.78, 5) is 0. The van der Waals surface area contributed by atoms with Gasteiger partial charge in [0.15, 0.2) is 11.6 Å². The topological polar surface area (TPSA) is 33.3 Å². The van der Waals surface area contributed by atoms with Crippen LogP contribution in [0.4, 0.5) is 10.1 Å². The van der Waals surface area contributed by atoms with Gasteiger partial charge in [-0.1, -0.05) is 23.7 Å². The normalized spacial score (nSPS) is 14.0. The van der Waals surface area contributed by atoms with E-state index in [0.29, 0.717) is 6.54 Å². The Bertz CT molecular complexity index is 706. The molecule has 0 atom stereocenters. The summed E-state index contributed by atoms with van der Waals surface area (Å²) in [6, 6.07) is 8.93. The lowest BCUT2D eigenvalue weighted by molar-refractivity contribution is 0.386. The van der Waals surface area contributed by atoms with Crippen molar-refractivity contribution < 1.29 is 9.13 Å². The van der Waals surface area contributed by atoms with Crippen molar-refractivity contribution in [1.82, 2.24) is 5.32 Å². The van der Waals surface area contributed by atoms with Gasteiger partial charge in [-0.25, -0.2) is 4.39 Å². The first-order chi connectivity index (χ1) is 11.2. The molecule has 0 saturated carbocycles. The van der Waals surface area contributed by atoms with Gasteiger partial charge in [0.25, 0.3) is 0 Å². The Morgan fingerprint density at radius 3 is 2.87 bits per heavy atom. The van der Waals surface area contributed by atoms with Gasteiger partial charge >= 0.3 is 0 Å². The smallest absolute Gasteiger partial charge is 0.165 e. The van der Waals surface area contributed by atoms with E-state index < -0.39 is 0 Å². The Balaban J connectivity index is 1.83. The van der Waals surface area contributed by atoms with E-state index in [1.54, 1.807) is 12.1 Å². The van der Waals surface area contributed by atoms with E-state index in [2.05, 4.69) is 16.7 Å². The van der Waals surface area contributed by atoms with Gasteiger partial charge in [-0.2, -0.15) is 0 Å². The molecule has 0 spiro atoms. The summed E-state index contributed by atoms with van der Waals surface area (Å²) in [6.07, 6.45) is 1.95. The van der Waals surface area contributed by atoms with Gasteiger partial charge in [0.2, 0.25) is 0 Å². The van der Waals surface area contributed by atoms with Crippen LogP contribution in [0.25, 0.3) is 0 Å². The molecular weight excluding hydrogens is 315 g/mol. The predicted octanol–water partition coefficient (Wildman–Crippen LogP) is 3.79. The SMILES string of the molecule is COc1cc(CNc2c(Cl)ccc3c2CCNCC3)ccc1F. The second-order valence-electron chi connectivity index (χ2n) is 5.63. The van der Waals surface area contributed by atoms with Gasteiger partial charge in [0.1, 0.15) is 0 Å². The van der Waals surface area contributed by atoms with Crippen molar-refractivity contribution in [2.45, 2.75) is 19.4 Å². The molecule has 122 valence electrons. The lowest BCUT2D eigenvalue weighted by atomic mass is 10.0. The van der Waals surface area contributed by atoms with Gasteiger partial charge in [0, 0.05) is 6.54 Å². The summed E-state index contributed by atoms with van der Waals surface area (Å²) >= 11 is 6.40. The second kappa shape index (κ2) is 7.20. The first-order valence-electron chi connectivity index (χ1n) is 7.76. The predicted molar refractivity (Wildman–Crippen MR) is 92.0 cm³/mol. The Kier molecular flexibility index (Phi) is 5.03. The number of halogens is 2. The molecule has 0 unspecified atom stereocenters. The fourth-order valence-electron chi connectivity index (χ4n) is 2.94. The molecular formula is C18H20ClFN2O. The van der Waals surface area contributed by atoms with Crippen LogP contribution in [0.15, 0.2) is 30.3 Å². The van der Waals surface area contributed by atoms with E-state index in [4.69, 9.17) is 16.3 Å². The van der Waals surface area contributed by atoms with Crippen LogP contribution in [0, 0.1) is 5.82 Å². The molecule has 0 fully saturated rings. The average molecular weight is 335 g/mol. The van der Waals surface area contributed by atoms with Crippen LogP contribution in [-0.4, -0.2) is 20.2 Å². The lowest BCUT2D eigenvalue weighted by Gasteiger charge is -2.16. The third-order valence-corrected chi connectivity index (χ3v) is 4.48. The fraction of sp³-hybridized carbons (Fsp3) is 0.333. The van der Waals surface area contributed by atoms with E-state index in [1.165, 1.54) is 24.3 Å². The van der Waals surface area contributed by atoms with Gasteiger partial charge in [-0.05, 0) is 60.8 Å². The van der Waals surface area contributed by atoms with Crippen LogP contribution in [0.2, 0.25) is 5.02 Å². The maximum Gasteiger partial charge on any atom is 0.165 e. The standard InChI is InChI=1S/C18H20ClFN2O/c1-23-17-10-12(2-5-16(17)20)11-22-18-14-7-9-21-8-6-13(14)3-4-15(18)19/h2-5,10,21-22H,6-9,11H2,1H3. The van der Waals surface area contributed by atoms with E-state index >= 15 is 0 Å². The molecule has 2 aromatic carbocycles. The fourth-order valence-corrected chi connectivity index (χ4v) is 3.18. The number of hydrogen-bond donors (Lipinski definition) is 2. The summed E-state index contributed by atoms with van der Waals surface area (Å²) in [5, 5.41) is 7.55. The van der Waals surface area contributed by atoms with Crippen molar-refractivity contribution in [2.75, 3.05) is 25.5 Å². The molecule has 2 aromatic rings. The van der Waals surface area contributed by atoms with Crippen molar-refractivity contribution in [1.29, 1.82) is 0 Å². The van der Waals surface area contributed by atoms with Crippen LogP contribution < -0.4 is 15.4 Å². The number of anilines is 1. The minimum absolute atomic E-state index is 0.256. The van der Waals surface area contributed by atoms with Crippen molar-refractivity contribution in [3.05, 3.63) is 57.9 Å². The van der Waals surface area contributed by atoms with Crippen LogP contribution in [-0.2, 0) is 19.4 Å². The minimum atomic E-state index is -0.353. The molecule has 3 rings (SSSR count). The second-order valence-corrected chi connectivity index (χ2v) is 6.04. The molecule has 0 radical (unpaired) electrons. The molecule has 0 bridgehead atoms. The first kappa shape index (κ1) is 16.1. The zero-order valence-corrected chi connectivity index (χ0v) is 13.8. The molecule has 3 nitrogen and oxygen atoms in total. The van der Waals surface area contributed by atoms with E-state index in [-0.39, 0.29) is 11.6 Å². The number of ether oxygens (including phenoxy) is 1. The quantitative estimate of drug-likeness (QED) is 0.892. The Morgan fingerprint density at radius 2 is 2.04 bits per heavy atom. The van der Waals surface area contributed by atoms with Gasteiger partial charge in [0.05, 0.1) is 17.8 Å². The highest BCUT2D eigenvalue weighted by atomic mass is 35.5. The molecule has 0 aromatic heterocycles. The third kappa shape index (κ3) is 3.59. The molecule has 1 aliphatic heterocycles. The van der Waals surface area contributed by atoms with Crippen molar-refractivity contribution in [3.63, 3.8) is 0 Å². The number of fused-ring (bicyclic) bond motifs is 1. The van der Waals surface area contributed by atoms with Crippen molar-refractivity contribution in [2.24, 2.45) is 0 Å². The lowest BCUT2D eigenvalue weighted by Crippen LogP contribution is -2.16. The van der Waals surface area contributed by atoms with E-state index in [1.807, 2.05) is 6.07 Å². The zero-order chi connectivity index (χ0) is 16.2. The molecule has 1 heterocycles. The maximum absolute atomic E-state index is 13.5. The van der Waals surface area contributed by atoms with E-state index in [9.17, 15) is 4.39 Å². The van der Waals surface area contributed by atoms with Gasteiger partial charge in [-0.15, -0.1) is 0 Å². The number of nitrogens with one attached hydrogen (secondary N) is 2. The number of rotatable bonds is 4. The molecule has 0 amide bonds. The summed E-state index contributed by atoms with van der Waals surface area (Å²) in [5.41, 5.74) is 4.54. The number of methoxy groups -OCH3 is 1. The molecule has 0 saturated heterocycles. The molecule has 2 N–H and O–H groups in total. The Morgan fingerprint density at radius 1 is 1.22 bits per heavy atom. The first-order valence-corrected chi connectivity index (χ1v) is 8.14. The monoisotopic (exact) mass is 334 g/mol. The Labute approximate surface area is 140 Å². The maximum atomic E-state index is 13.5. The average Bonchev–Trinajstić information content (AvgIpc) is 2.80. The van der Waals surface area contributed by atoms with Crippen LogP contribution >= 0.6 is 11.6 Å². The van der Waals surface area contributed by atoms with E-state index in [0.717, 1.165) is 42.2 Å². The molecule has 1 aliphatic rings. The van der Waals surface area contributed by atoms with Crippen LogP contribution in [0.3, 0.4) is 0 Å². The third-order valence-electron chi connectivity index (χ3n) is 4.17. The van der Waals surface area contributed by atoms with Crippen molar-refractivity contribution >= 4 is 17.3 Å². The minimum Gasteiger partial charge on any atom is -0.494 e. The highest BCUT2D eigenvalue weighted by Gasteiger charge is 2.14. The van der Waals surface area contributed by atoms with Crippen molar-refractivity contribution in [3.8, 4) is 5.75 Å². The number of hydrogen-bond acceptors (Lipinski definition) is 3. The highest BCUT2D eigenvalue weighted by molar-refractivity contribution is 6.33. The highest BCUT2D eigenvalue weighted by Crippen LogP contribution is 2.31. The number of benzene rings is 2. The molecule has 0 aliphatic carbocycles. The summed E-state index contributed by atoms with van der Waals surface area (Å²) in [6.45, 7) is 2.51. The van der Waals surface area contributed by atoms with Crippen LogP contribution in [0.5, 0.6) is 5.75 Å². The van der Waals surface area contributed by atoms with Crippen LogP contribution in [0.1, 0.15) is 16.7 Å². The molecule has 5 heteroatoms. The molecule has 23 heavy (non-hydrogen) atoms.